The van der Waals surface area contributed by atoms with Gasteiger partial charge in [0.25, 0.3) is 0 Å². The molecule has 0 fully saturated rings. The number of hydrogen-bond acceptors (Lipinski definition) is 1. The van der Waals surface area contributed by atoms with Gasteiger partial charge in [0.15, 0.2) is 11.1 Å². The molecule has 78 valence electrons. The lowest BCUT2D eigenvalue weighted by atomic mass is 10.0. The Morgan fingerprint density at radius 3 is 2.29 bits per heavy atom. The van der Waals surface area contributed by atoms with E-state index in [1.165, 1.54) is 0 Å². The zero-order valence-electron chi connectivity index (χ0n) is 7.75. The molecule has 1 rings (SSSR count). The van der Waals surface area contributed by atoms with Crippen molar-refractivity contribution in [1.82, 2.24) is 0 Å². The van der Waals surface area contributed by atoms with Crippen LogP contribution in [-0.2, 0) is 11.1 Å². The smallest absolute Gasteiger partial charge is 0.189 e. The van der Waals surface area contributed by atoms with Crippen molar-refractivity contribution < 1.29 is 17.5 Å². The van der Waals surface area contributed by atoms with Crippen LogP contribution in [0.4, 0.5) is 8.78 Å². The predicted molar refractivity (Wildman–Crippen MR) is 49.5 cm³/mol. The summed E-state index contributed by atoms with van der Waals surface area (Å²) < 4.78 is 45.4. The van der Waals surface area contributed by atoms with Crippen LogP contribution in [0.2, 0.25) is 0 Å². The highest BCUT2D eigenvalue weighted by molar-refractivity contribution is 7.79. The molecule has 0 aliphatic heterocycles. The molecule has 0 aromatic heterocycles. The summed E-state index contributed by atoms with van der Waals surface area (Å²) in [6, 6.07) is 1.73. The molecule has 1 N–H and O–H groups in total. The first-order chi connectivity index (χ1) is 6.43. The van der Waals surface area contributed by atoms with Crippen LogP contribution < -0.4 is 0 Å². The molecule has 1 aromatic rings. The van der Waals surface area contributed by atoms with Crippen molar-refractivity contribution in [2.24, 2.45) is 0 Å². The van der Waals surface area contributed by atoms with E-state index in [9.17, 15) is 13.0 Å². The second-order valence-corrected chi connectivity index (χ2v) is 4.15. The lowest BCUT2D eigenvalue weighted by Crippen LogP contribution is -2.00. The van der Waals surface area contributed by atoms with Crippen LogP contribution in [0.15, 0.2) is 17.0 Å². The first kappa shape index (κ1) is 11.3. The van der Waals surface area contributed by atoms with Gasteiger partial charge in [-0.1, -0.05) is 13.8 Å². The fraction of sp³-hybridized carbons (Fsp3) is 0.333. The van der Waals surface area contributed by atoms with Crippen molar-refractivity contribution >= 4 is 11.1 Å². The Morgan fingerprint density at radius 2 is 1.86 bits per heavy atom. The third kappa shape index (κ3) is 2.16. The summed E-state index contributed by atoms with van der Waals surface area (Å²) in [7, 11) is 0. The van der Waals surface area contributed by atoms with Gasteiger partial charge in [-0.3, -0.25) is 0 Å². The number of hydrogen-bond donors (Lipinski definition) is 1. The summed E-state index contributed by atoms with van der Waals surface area (Å²) in [6.45, 7) is 3.45. The van der Waals surface area contributed by atoms with Gasteiger partial charge in [0, 0.05) is 6.07 Å². The molecule has 2 nitrogen and oxygen atoms in total. The van der Waals surface area contributed by atoms with Gasteiger partial charge in [0.2, 0.25) is 0 Å². The van der Waals surface area contributed by atoms with Crippen molar-refractivity contribution in [3.05, 3.63) is 29.3 Å². The maximum Gasteiger partial charge on any atom is 0.189 e. The van der Waals surface area contributed by atoms with Crippen LogP contribution in [0.3, 0.4) is 0 Å². The molecule has 0 spiro atoms. The molecule has 0 saturated heterocycles. The van der Waals surface area contributed by atoms with Crippen molar-refractivity contribution in [2.45, 2.75) is 24.7 Å². The van der Waals surface area contributed by atoms with Crippen molar-refractivity contribution in [3.63, 3.8) is 0 Å². The molecular weight excluding hydrogens is 210 g/mol. The maximum atomic E-state index is 13.1. The summed E-state index contributed by atoms with van der Waals surface area (Å²) in [5, 5.41) is 0. The molecule has 0 amide bonds. The highest BCUT2D eigenvalue weighted by Crippen LogP contribution is 2.23. The topological polar surface area (TPSA) is 37.3 Å². The second kappa shape index (κ2) is 4.14. The van der Waals surface area contributed by atoms with Crippen molar-refractivity contribution in [1.29, 1.82) is 0 Å². The molecule has 14 heavy (non-hydrogen) atoms. The van der Waals surface area contributed by atoms with Crippen molar-refractivity contribution in [3.8, 4) is 0 Å². The summed E-state index contributed by atoms with van der Waals surface area (Å²) in [5.74, 6) is -1.84. The minimum absolute atomic E-state index is 0.155. The SMILES string of the molecule is CC(C)c1cc(S(=O)O)c(F)cc1F. The zero-order valence-corrected chi connectivity index (χ0v) is 8.57. The Labute approximate surface area is 83.2 Å². The lowest BCUT2D eigenvalue weighted by molar-refractivity contribution is 0.527. The Balaban J connectivity index is 3.34. The van der Waals surface area contributed by atoms with E-state index in [1.807, 2.05) is 0 Å². The van der Waals surface area contributed by atoms with Gasteiger partial charge in [-0.25, -0.2) is 13.0 Å². The van der Waals surface area contributed by atoms with Crippen LogP contribution in [0.1, 0.15) is 25.3 Å². The van der Waals surface area contributed by atoms with Gasteiger partial charge in [-0.2, -0.15) is 0 Å². The number of benzene rings is 1. The van der Waals surface area contributed by atoms with E-state index in [1.54, 1.807) is 13.8 Å². The fourth-order valence-electron chi connectivity index (χ4n) is 1.12. The van der Waals surface area contributed by atoms with E-state index in [2.05, 4.69) is 0 Å². The molecule has 0 radical (unpaired) electrons. The van der Waals surface area contributed by atoms with Gasteiger partial charge < -0.3 is 4.55 Å². The van der Waals surface area contributed by atoms with E-state index in [-0.39, 0.29) is 16.4 Å². The van der Waals surface area contributed by atoms with Crippen LogP contribution in [0.5, 0.6) is 0 Å². The minimum Gasteiger partial charge on any atom is -0.302 e. The Morgan fingerprint density at radius 1 is 1.29 bits per heavy atom. The Hall–Kier alpha value is -0.810. The first-order valence-corrected chi connectivity index (χ1v) is 5.14. The van der Waals surface area contributed by atoms with E-state index >= 15 is 0 Å². The third-order valence-corrected chi connectivity index (χ3v) is 2.55. The molecule has 0 heterocycles. The van der Waals surface area contributed by atoms with Gasteiger partial charge in [0.1, 0.15) is 16.5 Å². The monoisotopic (exact) mass is 220 g/mol. The number of halogens is 2. The second-order valence-electron chi connectivity index (χ2n) is 3.21. The minimum atomic E-state index is -2.42. The standard InChI is InChI=1S/C9H10F2O2S/c1-5(2)6-3-9(14(12)13)8(11)4-7(6)10/h3-5H,1-2H3,(H,12,13). The van der Waals surface area contributed by atoms with Gasteiger partial charge in [-0.05, 0) is 17.5 Å². The highest BCUT2D eigenvalue weighted by Gasteiger charge is 2.15. The van der Waals surface area contributed by atoms with Crippen LogP contribution in [0.25, 0.3) is 0 Å². The van der Waals surface area contributed by atoms with Crippen LogP contribution in [0, 0.1) is 11.6 Å². The Bertz CT molecular complexity index is 377. The van der Waals surface area contributed by atoms with E-state index < -0.39 is 22.7 Å². The van der Waals surface area contributed by atoms with E-state index in [0.717, 1.165) is 6.07 Å². The van der Waals surface area contributed by atoms with Crippen LogP contribution >= 0.6 is 0 Å². The molecular formula is C9H10F2O2S. The molecule has 0 bridgehead atoms. The van der Waals surface area contributed by atoms with Crippen molar-refractivity contribution in [2.75, 3.05) is 0 Å². The average molecular weight is 220 g/mol. The molecule has 1 atom stereocenters. The average Bonchev–Trinajstić information content (AvgIpc) is 2.02. The van der Waals surface area contributed by atoms with Gasteiger partial charge in [-0.15, -0.1) is 0 Å². The molecule has 5 heteroatoms. The number of rotatable bonds is 2. The highest BCUT2D eigenvalue weighted by atomic mass is 32.2. The van der Waals surface area contributed by atoms with E-state index in [4.69, 9.17) is 4.55 Å². The molecule has 0 aliphatic rings. The van der Waals surface area contributed by atoms with Crippen LogP contribution in [-0.4, -0.2) is 8.76 Å². The summed E-state index contributed by atoms with van der Waals surface area (Å²) >= 11 is -2.42. The third-order valence-electron chi connectivity index (χ3n) is 1.86. The maximum absolute atomic E-state index is 13.1. The molecule has 0 aliphatic carbocycles. The summed E-state index contributed by atoms with van der Waals surface area (Å²) in [6.07, 6.45) is 0. The summed E-state index contributed by atoms with van der Waals surface area (Å²) in [5.41, 5.74) is 0.240. The van der Waals surface area contributed by atoms with Gasteiger partial charge in [0.05, 0.1) is 0 Å². The fourth-order valence-corrected chi connectivity index (χ4v) is 1.57. The molecule has 1 unspecified atom stereocenters. The zero-order chi connectivity index (χ0) is 10.9. The van der Waals surface area contributed by atoms with E-state index in [0.29, 0.717) is 6.07 Å². The lowest BCUT2D eigenvalue weighted by Gasteiger charge is -2.08. The largest absolute Gasteiger partial charge is 0.302 e. The molecule has 1 aromatic carbocycles. The Kier molecular flexibility index (Phi) is 3.34. The first-order valence-electron chi connectivity index (χ1n) is 4.03. The van der Waals surface area contributed by atoms with Gasteiger partial charge >= 0.3 is 0 Å². The summed E-state index contributed by atoms with van der Waals surface area (Å²) in [4.78, 5) is -0.380. The predicted octanol–water partition coefficient (Wildman–Crippen LogP) is 2.67. The normalized spacial score (nSPS) is 13.3. The molecule has 0 saturated carbocycles. The quantitative estimate of drug-likeness (QED) is 0.778.